The smallest absolute Gasteiger partial charge is 0.243 e. The maximum Gasteiger partial charge on any atom is 0.243 e. The van der Waals surface area contributed by atoms with Gasteiger partial charge in [-0.3, -0.25) is 9.69 Å². The Hall–Kier alpha value is -1.47. The molecule has 116 valence electrons. The number of piperazine rings is 1. The normalized spacial score (nSPS) is 25.2. The highest BCUT2D eigenvalue weighted by Crippen LogP contribution is 2.20. The van der Waals surface area contributed by atoms with Crippen LogP contribution in [-0.2, 0) is 4.79 Å². The zero-order valence-electron chi connectivity index (χ0n) is 12.7. The minimum atomic E-state index is 0.0348. The monoisotopic (exact) mass is 293 g/mol. The second kappa shape index (κ2) is 6.11. The number of carbonyl (C=O) groups is 1. The van der Waals surface area contributed by atoms with E-state index in [1.54, 1.807) is 0 Å². The minimum absolute atomic E-state index is 0.0348. The van der Waals surface area contributed by atoms with Crippen LogP contribution in [0.5, 0.6) is 0 Å². The molecule has 1 N–H and O–H groups in total. The van der Waals surface area contributed by atoms with E-state index in [4.69, 9.17) is 4.52 Å². The molecule has 1 unspecified atom stereocenters. The number of amides is 1. The number of aromatic nitrogens is 2. The fourth-order valence-corrected chi connectivity index (χ4v) is 3.08. The van der Waals surface area contributed by atoms with Crippen LogP contribution >= 0.6 is 0 Å². The first-order valence-electron chi connectivity index (χ1n) is 7.71. The molecular formula is C14H23N5O2. The molecule has 0 radical (unpaired) electrons. The van der Waals surface area contributed by atoms with E-state index in [1.807, 2.05) is 11.8 Å². The van der Waals surface area contributed by atoms with Crippen molar-refractivity contribution >= 4 is 5.91 Å². The van der Waals surface area contributed by atoms with Crippen LogP contribution in [0.3, 0.4) is 0 Å². The SMILES string of the molecule is Cc1noc(C(C)N2CCN(C(=O)[C@@H]3CCCN3)CC2)n1. The summed E-state index contributed by atoms with van der Waals surface area (Å²) in [6, 6.07) is 0.139. The van der Waals surface area contributed by atoms with Gasteiger partial charge in [0.05, 0.1) is 12.1 Å². The first kappa shape index (κ1) is 14.5. The molecule has 0 bridgehead atoms. The average Bonchev–Trinajstić information content (AvgIpc) is 3.17. The molecule has 7 heteroatoms. The van der Waals surface area contributed by atoms with E-state index in [0.29, 0.717) is 11.7 Å². The predicted octanol–water partition coefficient (Wildman–Crippen LogP) is 0.335. The van der Waals surface area contributed by atoms with E-state index in [-0.39, 0.29) is 18.0 Å². The summed E-state index contributed by atoms with van der Waals surface area (Å²) < 4.78 is 5.24. The van der Waals surface area contributed by atoms with E-state index in [9.17, 15) is 4.79 Å². The molecule has 21 heavy (non-hydrogen) atoms. The van der Waals surface area contributed by atoms with Crippen molar-refractivity contribution in [2.75, 3.05) is 32.7 Å². The van der Waals surface area contributed by atoms with Crippen molar-refractivity contribution < 1.29 is 9.32 Å². The van der Waals surface area contributed by atoms with Crippen molar-refractivity contribution in [2.45, 2.75) is 38.8 Å². The van der Waals surface area contributed by atoms with E-state index in [0.717, 1.165) is 45.6 Å². The number of hydrogen-bond donors (Lipinski definition) is 1. The summed E-state index contributed by atoms with van der Waals surface area (Å²) in [6.45, 7) is 8.10. The minimum Gasteiger partial charge on any atom is -0.339 e. The van der Waals surface area contributed by atoms with Crippen LogP contribution in [-0.4, -0.2) is 64.6 Å². The average molecular weight is 293 g/mol. The lowest BCUT2D eigenvalue weighted by Crippen LogP contribution is -2.53. The highest BCUT2D eigenvalue weighted by molar-refractivity contribution is 5.82. The van der Waals surface area contributed by atoms with Crippen LogP contribution in [0, 0.1) is 6.92 Å². The third kappa shape index (κ3) is 3.08. The van der Waals surface area contributed by atoms with Crippen LogP contribution < -0.4 is 5.32 Å². The molecule has 2 atom stereocenters. The van der Waals surface area contributed by atoms with Crippen molar-refractivity contribution in [3.8, 4) is 0 Å². The van der Waals surface area contributed by atoms with Crippen LogP contribution in [0.4, 0.5) is 0 Å². The molecule has 7 nitrogen and oxygen atoms in total. The number of hydrogen-bond acceptors (Lipinski definition) is 6. The van der Waals surface area contributed by atoms with Gasteiger partial charge in [0.15, 0.2) is 5.82 Å². The molecular weight excluding hydrogens is 270 g/mol. The van der Waals surface area contributed by atoms with Crippen LogP contribution in [0.25, 0.3) is 0 Å². The number of carbonyl (C=O) groups excluding carboxylic acids is 1. The van der Waals surface area contributed by atoms with Gasteiger partial charge < -0.3 is 14.7 Å². The molecule has 0 aromatic carbocycles. The standard InChI is InChI=1S/C14H23N5O2/c1-10(13-16-11(2)17-21-13)18-6-8-19(9-7-18)14(20)12-4-3-5-15-12/h10,12,15H,3-9H2,1-2H3/t10?,12-/m0/s1. The zero-order chi connectivity index (χ0) is 14.8. The molecule has 2 fully saturated rings. The van der Waals surface area contributed by atoms with Crippen LogP contribution in [0.2, 0.25) is 0 Å². The number of nitrogens with zero attached hydrogens (tertiary/aromatic N) is 4. The molecule has 2 aliphatic heterocycles. The predicted molar refractivity (Wildman–Crippen MR) is 76.6 cm³/mol. The van der Waals surface area contributed by atoms with Gasteiger partial charge in [0.2, 0.25) is 11.8 Å². The van der Waals surface area contributed by atoms with Gasteiger partial charge >= 0.3 is 0 Å². The van der Waals surface area contributed by atoms with Gasteiger partial charge in [0.25, 0.3) is 0 Å². The Bertz CT molecular complexity index is 489. The van der Waals surface area contributed by atoms with Crippen LogP contribution in [0.15, 0.2) is 4.52 Å². The summed E-state index contributed by atoms with van der Waals surface area (Å²) in [5.74, 6) is 1.58. The maximum atomic E-state index is 12.4. The lowest BCUT2D eigenvalue weighted by molar-refractivity contribution is -0.135. The summed E-state index contributed by atoms with van der Waals surface area (Å²) in [5, 5.41) is 7.12. The summed E-state index contributed by atoms with van der Waals surface area (Å²) in [6.07, 6.45) is 2.07. The Morgan fingerprint density at radius 2 is 2.14 bits per heavy atom. The quantitative estimate of drug-likeness (QED) is 0.866. The molecule has 1 aromatic heterocycles. The molecule has 2 aliphatic rings. The lowest BCUT2D eigenvalue weighted by atomic mass is 10.1. The Labute approximate surface area is 124 Å². The van der Waals surface area contributed by atoms with Gasteiger partial charge in [-0.2, -0.15) is 4.98 Å². The van der Waals surface area contributed by atoms with Crippen molar-refractivity contribution in [3.63, 3.8) is 0 Å². The largest absolute Gasteiger partial charge is 0.339 e. The Morgan fingerprint density at radius 1 is 1.38 bits per heavy atom. The van der Waals surface area contributed by atoms with Gasteiger partial charge in [0.1, 0.15) is 0 Å². The van der Waals surface area contributed by atoms with Crippen molar-refractivity contribution in [1.29, 1.82) is 0 Å². The molecule has 0 spiro atoms. The molecule has 3 rings (SSSR count). The molecule has 1 aromatic rings. The fraction of sp³-hybridized carbons (Fsp3) is 0.786. The third-order valence-electron chi connectivity index (χ3n) is 4.43. The highest BCUT2D eigenvalue weighted by atomic mass is 16.5. The third-order valence-corrected chi connectivity index (χ3v) is 4.43. The van der Waals surface area contributed by atoms with Gasteiger partial charge in [-0.05, 0) is 33.2 Å². The topological polar surface area (TPSA) is 74.5 Å². The van der Waals surface area contributed by atoms with Crippen molar-refractivity contribution in [2.24, 2.45) is 0 Å². The first-order chi connectivity index (χ1) is 10.1. The molecule has 3 heterocycles. The second-order valence-electron chi connectivity index (χ2n) is 5.87. The Kier molecular flexibility index (Phi) is 4.21. The van der Waals surface area contributed by atoms with E-state index >= 15 is 0 Å². The lowest BCUT2D eigenvalue weighted by Gasteiger charge is -2.37. The maximum absolute atomic E-state index is 12.4. The van der Waals surface area contributed by atoms with E-state index in [2.05, 4.69) is 27.3 Å². The van der Waals surface area contributed by atoms with Crippen LogP contribution in [0.1, 0.15) is 37.5 Å². The van der Waals surface area contributed by atoms with Crippen molar-refractivity contribution in [1.82, 2.24) is 25.3 Å². The van der Waals surface area contributed by atoms with Gasteiger partial charge in [-0.25, -0.2) is 0 Å². The summed E-state index contributed by atoms with van der Waals surface area (Å²) in [4.78, 5) is 20.9. The second-order valence-corrected chi connectivity index (χ2v) is 5.87. The number of rotatable bonds is 3. The molecule has 1 amide bonds. The fourth-order valence-electron chi connectivity index (χ4n) is 3.08. The summed E-state index contributed by atoms with van der Waals surface area (Å²) in [5.41, 5.74) is 0. The first-order valence-corrected chi connectivity index (χ1v) is 7.71. The van der Waals surface area contributed by atoms with E-state index < -0.39 is 0 Å². The molecule has 0 saturated carbocycles. The number of aryl methyl sites for hydroxylation is 1. The van der Waals surface area contributed by atoms with Gasteiger partial charge in [-0.15, -0.1) is 0 Å². The molecule has 0 aliphatic carbocycles. The Morgan fingerprint density at radius 3 is 2.71 bits per heavy atom. The highest BCUT2D eigenvalue weighted by Gasteiger charge is 2.31. The Balaban J connectivity index is 1.53. The van der Waals surface area contributed by atoms with Crippen molar-refractivity contribution in [3.05, 3.63) is 11.7 Å². The van der Waals surface area contributed by atoms with E-state index in [1.165, 1.54) is 0 Å². The summed E-state index contributed by atoms with van der Waals surface area (Å²) in [7, 11) is 0. The summed E-state index contributed by atoms with van der Waals surface area (Å²) >= 11 is 0. The zero-order valence-corrected chi connectivity index (χ0v) is 12.7. The van der Waals surface area contributed by atoms with Gasteiger partial charge in [0, 0.05) is 26.2 Å². The number of nitrogens with one attached hydrogen (secondary N) is 1. The molecule has 2 saturated heterocycles. The van der Waals surface area contributed by atoms with Gasteiger partial charge in [-0.1, -0.05) is 5.16 Å².